The van der Waals surface area contributed by atoms with Crippen molar-refractivity contribution in [3.05, 3.63) is 29.0 Å². The van der Waals surface area contributed by atoms with Gasteiger partial charge >= 0.3 is 0 Å². The van der Waals surface area contributed by atoms with Crippen LogP contribution in [-0.2, 0) is 0 Å². The first kappa shape index (κ1) is 12.8. The van der Waals surface area contributed by atoms with Crippen LogP contribution in [0.5, 0.6) is 0 Å². The highest BCUT2D eigenvalue weighted by Crippen LogP contribution is 2.48. The zero-order valence-corrected chi connectivity index (χ0v) is 12.2. The topological polar surface area (TPSA) is 58.0 Å². The third-order valence-corrected chi connectivity index (χ3v) is 4.47. The van der Waals surface area contributed by atoms with Crippen LogP contribution in [0.15, 0.2) is 29.0 Å². The van der Waals surface area contributed by atoms with Crippen LogP contribution < -0.4 is 5.32 Å². The quantitative estimate of drug-likeness (QED) is 0.888. The highest BCUT2D eigenvalue weighted by atomic mass is 79.9. The third kappa shape index (κ3) is 2.58. The van der Waals surface area contributed by atoms with Crippen molar-refractivity contribution in [2.45, 2.75) is 19.3 Å². The van der Waals surface area contributed by atoms with Crippen molar-refractivity contribution in [1.82, 2.24) is 9.97 Å². The number of aliphatic hydroxyl groups is 1. The summed E-state index contributed by atoms with van der Waals surface area (Å²) in [5.74, 6) is 0.813. The molecule has 2 aromatic heterocycles. The van der Waals surface area contributed by atoms with E-state index in [-0.39, 0.29) is 5.41 Å². The number of aromatic nitrogens is 2. The van der Waals surface area contributed by atoms with E-state index in [0.29, 0.717) is 6.61 Å². The zero-order chi connectivity index (χ0) is 13.3. The highest BCUT2D eigenvalue weighted by molar-refractivity contribution is 9.10. The Morgan fingerprint density at radius 3 is 2.95 bits per heavy atom. The van der Waals surface area contributed by atoms with Gasteiger partial charge in [-0.1, -0.05) is 0 Å². The molecule has 2 N–H and O–H groups in total. The largest absolute Gasteiger partial charge is 0.396 e. The van der Waals surface area contributed by atoms with Crippen LogP contribution >= 0.6 is 15.9 Å². The summed E-state index contributed by atoms with van der Waals surface area (Å²) in [4.78, 5) is 8.78. The van der Waals surface area contributed by atoms with Crippen LogP contribution in [0, 0.1) is 5.41 Å². The molecule has 1 saturated carbocycles. The molecule has 0 unspecified atom stereocenters. The fourth-order valence-electron chi connectivity index (χ4n) is 2.28. The summed E-state index contributed by atoms with van der Waals surface area (Å²) >= 11 is 3.49. The van der Waals surface area contributed by atoms with Crippen LogP contribution in [0.25, 0.3) is 10.9 Å². The third-order valence-electron chi connectivity index (χ3n) is 3.84. The van der Waals surface area contributed by atoms with E-state index in [1.165, 1.54) is 0 Å². The normalized spacial score (nSPS) is 16.5. The number of anilines is 1. The number of pyridine rings is 2. The van der Waals surface area contributed by atoms with Crippen molar-refractivity contribution in [3.63, 3.8) is 0 Å². The molecular formula is C14H16BrN3O. The average molecular weight is 322 g/mol. The van der Waals surface area contributed by atoms with Crippen molar-refractivity contribution in [2.75, 3.05) is 18.5 Å². The molecule has 1 aliphatic carbocycles. The molecule has 0 spiro atoms. The van der Waals surface area contributed by atoms with Gasteiger partial charge in [0, 0.05) is 35.4 Å². The van der Waals surface area contributed by atoms with E-state index in [1.807, 2.05) is 12.1 Å². The lowest BCUT2D eigenvalue weighted by molar-refractivity contribution is 0.206. The van der Waals surface area contributed by atoms with E-state index in [1.54, 1.807) is 12.4 Å². The lowest BCUT2D eigenvalue weighted by Gasteiger charge is -2.13. The Bertz CT molecular complexity index is 598. The molecular weight excluding hydrogens is 306 g/mol. The summed E-state index contributed by atoms with van der Waals surface area (Å²) in [5, 5.41) is 13.7. The molecule has 0 aromatic carbocycles. The minimum atomic E-state index is 0.172. The van der Waals surface area contributed by atoms with Crippen molar-refractivity contribution < 1.29 is 5.11 Å². The standard InChI is InChI=1S/C14H16BrN3O/c15-11-8-18-13(12-10(11)2-1-6-16-12)17-7-5-14(9-19)3-4-14/h1-2,6,8,19H,3-5,7,9H2,(H,17,18). The van der Waals surface area contributed by atoms with Crippen molar-refractivity contribution >= 4 is 32.7 Å². The molecule has 0 radical (unpaired) electrons. The molecule has 2 heterocycles. The van der Waals surface area contributed by atoms with Crippen molar-refractivity contribution in [1.29, 1.82) is 0 Å². The number of rotatable bonds is 5. The Hall–Kier alpha value is -1.20. The lowest BCUT2D eigenvalue weighted by Crippen LogP contribution is -2.14. The molecule has 0 aliphatic heterocycles. The first-order valence-corrected chi connectivity index (χ1v) is 7.27. The van der Waals surface area contributed by atoms with E-state index in [0.717, 1.165) is 47.0 Å². The second-order valence-electron chi connectivity index (χ2n) is 5.19. The van der Waals surface area contributed by atoms with Crippen LogP contribution in [0.1, 0.15) is 19.3 Å². The number of fused-ring (bicyclic) bond motifs is 1. The maximum atomic E-state index is 9.30. The van der Waals surface area contributed by atoms with Gasteiger partial charge in [0.15, 0.2) is 5.82 Å². The van der Waals surface area contributed by atoms with Gasteiger partial charge in [-0.15, -0.1) is 0 Å². The van der Waals surface area contributed by atoms with E-state index in [9.17, 15) is 5.11 Å². The zero-order valence-electron chi connectivity index (χ0n) is 10.6. The molecule has 3 rings (SSSR count). The van der Waals surface area contributed by atoms with E-state index < -0.39 is 0 Å². The fourth-order valence-corrected chi connectivity index (χ4v) is 2.70. The Balaban J connectivity index is 1.76. The van der Waals surface area contributed by atoms with Crippen LogP contribution in [0.2, 0.25) is 0 Å². The van der Waals surface area contributed by atoms with E-state index in [2.05, 4.69) is 31.2 Å². The molecule has 5 heteroatoms. The summed E-state index contributed by atoms with van der Waals surface area (Å²) in [7, 11) is 0. The van der Waals surface area contributed by atoms with Gasteiger partial charge in [0.25, 0.3) is 0 Å². The van der Waals surface area contributed by atoms with Gasteiger partial charge in [-0.3, -0.25) is 4.98 Å². The minimum Gasteiger partial charge on any atom is -0.396 e. The average Bonchev–Trinajstić information content (AvgIpc) is 3.22. The Labute approximate surface area is 120 Å². The van der Waals surface area contributed by atoms with Gasteiger partial charge in [0.05, 0.1) is 0 Å². The second kappa shape index (κ2) is 5.06. The molecule has 4 nitrogen and oxygen atoms in total. The van der Waals surface area contributed by atoms with Gasteiger partial charge in [0.2, 0.25) is 0 Å². The van der Waals surface area contributed by atoms with Gasteiger partial charge in [0.1, 0.15) is 5.52 Å². The number of nitrogens with one attached hydrogen (secondary N) is 1. The SMILES string of the molecule is OCC1(CCNc2ncc(Br)c3cccnc23)CC1. The number of halogens is 1. The predicted molar refractivity (Wildman–Crippen MR) is 79.1 cm³/mol. The number of aliphatic hydroxyl groups excluding tert-OH is 1. The van der Waals surface area contributed by atoms with Gasteiger partial charge < -0.3 is 10.4 Å². The Kier molecular flexibility index (Phi) is 3.41. The van der Waals surface area contributed by atoms with Crippen LogP contribution in [0.4, 0.5) is 5.82 Å². The van der Waals surface area contributed by atoms with Crippen LogP contribution in [-0.4, -0.2) is 28.2 Å². The highest BCUT2D eigenvalue weighted by Gasteiger charge is 2.41. The number of hydrogen-bond donors (Lipinski definition) is 2. The molecule has 1 aliphatic rings. The second-order valence-corrected chi connectivity index (χ2v) is 6.04. The summed E-state index contributed by atoms with van der Waals surface area (Å²) in [5.41, 5.74) is 1.05. The molecule has 100 valence electrons. The minimum absolute atomic E-state index is 0.172. The molecule has 2 aromatic rings. The summed E-state index contributed by atoms with van der Waals surface area (Å²) in [6.45, 7) is 1.11. The van der Waals surface area contributed by atoms with Gasteiger partial charge in [-0.25, -0.2) is 4.98 Å². The van der Waals surface area contributed by atoms with E-state index in [4.69, 9.17) is 0 Å². The number of nitrogens with zero attached hydrogens (tertiary/aromatic N) is 2. The smallest absolute Gasteiger partial charge is 0.152 e. The first-order valence-electron chi connectivity index (χ1n) is 6.48. The molecule has 19 heavy (non-hydrogen) atoms. The Morgan fingerprint density at radius 1 is 1.37 bits per heavy atom. The van der Waals surface area contributed by atoms with Gasteiger partial charge in [-0.05, 0) is 52.7 Å². The maximum Gasteiger partial charge on any atom is 0.152 e. The molecule has 0 bridgehead atoms. The van der Waals surface area contributed by atoms with Gasteiger partial charge in [-0.2, -0.15) is 0 Å². The first-order chi connectivity index (χ1) is 9.24. The number of hydrogen-bond acceptors (Lipinski definition) is 4. The van der Waals surface area contributed by atoms with Crippen molar-refractivity contribution in [3.8, 4) is 0 Å². The molecule has 0 atom stereocenters. The van der Waals surface area contributed by atoms with Crippen LogP contribution in [0.3, 0.4) is 0 Å². The molecule has 0 amide bonds. The Morgan fingerprint density at radius 2 is 2.21 bits per heavy atom. The summed E-state index contributed by atoms with van der Waals surface area (Å²) in [6.07, 6.45) is 6.83. The van der Waals surface area contributed by atoms with Crippen molar-refractivity contribution in [2.24, 2.45) is 5.41 Å². The lowest BCUT2D eigenvalue weighted by atomic mass is 10.0. The molecule has 1 fully saturated rings. The summed E-state index contributed by atoms with van der Waals surface area (Å²) < 4.78 is 0.954. The summed E-state index contributed by atoms with van der Waals surface area (Å²) in [6, 6.07) is 3.94. The van der Waals surface area contributed by atoms with E-state index >= 15 is 0 Å². The molecule has 0 saturated heterocycles. The maximum absolute atomic E-state index is 9.30. The predicted octanol–water partition coefficient (Wildman–Crippen LogP) is 2.97. The monoisotopic (exact) mass is 321 g/mol. The fraction of sp³-hybridized carbons (Fsp3) is 0.429.